The smallest absolute Gasteiger partial charge is 0.175 e. The zero-order valence-electron chi connectivity index (χ0n) is 12.4. The van der Waals surface area contributed by atoms with Crippen molar-refractivity contribution < 1.29 is 14.6 Å². The van der Waals surface area contributed by atoms with Gasteiger partial charge in [-0.2, -0.15) is 0 Å². The molecule has 0 fully saturated rings. The van der Waals surface area contributed by atoms with Crippen LogP contribution in [0, 0.1) is 20.8 Å². The van der Waals surface area contributed by atoms with E-state index in [1.54, 1.807) is 0 Å². The molecule has 1 atom stereocenters. The Balaban J connectivity index is 2.55. The van der Waals surface area contributed by atoms with Gasteiger partial charge in [-0.05, 0) is 57.2 Å². The second kappa shape index (κ2) is 4.55. The van der Waals surface area contributed by atoms with Crippen molar-refractivity contribution in [1.82, 2.24) is 0 Å². The Labute approximate surface area is 114 Å². The maximum absolute atomic E-state index is 12.1. The van der Waals surface area contributed by atoms with Crippen LogP contribution < -0.4 is 4.74 Å². The van der Waals surface area contributed by atoms with E-state index in [4.69, 9.17) is 4.74 Å². The van der Waals surface area contributed by atoms with E-state index >= 15 is 0 Å². The standard InChI is InChI=1S/C16H22O3/c1-6-13(17)16(5)8-7-12-11(4)14(18)9(2)10(3)15(12)19-16/h18H,6-8H2,1-5H3. The SMILES string of the molecule is CCC(=O)C1(C)CCc2c(C)c(O)c(C)c(C)c2O1. The van der Waals surface area contributed by atoms with E-state index in [2.05, 4.69) is 0 Å². The van der Waals surface area contributed by atoms with Crippen molar-refractivity contribution in [3.63, 3.8) is 0 Å². The summed E-state index contributed by atoms with van der Waals surface area (Å²) in [7, 11) is 0. The van der Waals surface area contributed by atoms with E-state index in [9.17, 15) is 9.90 Å². The van der Waals surface area contributed by atoms with Crippen LogP contribution in [0.25, 0.3) is 0 Å². The lowest BCUT2D eigenvalue weighted by Crippen LogP contribution is -2.44. The Bertz CT molecular complexity index is 546. The van der Waals surface area contributed by atoms with Crippen LogP contribution in [0.4, 0.5) is 0 Å². The largest absolute Gasteiger partial charge is 0.507 e. The molecule has 3 nitrogen and oxygen atoms in total. The summed E-state index contributed by atoms with van der Waals surface area (Å²) in [4.78, 5) is 12.1. The lowest BCUT2D eigenvalue weighted by molar-refractivity contribution is -0.134. The van der Waals surface area contributed by atoms with Crippen LogP contribution in [-0.4, -0.2) is 16.5 Å². The average molecular weight is 262 g/mol. The highest BCUT2D eigenvalue weighted by atomic mass is 16.5. The maximum atomic E-state index is 12.1. The first-order valence-electron chi connectivity index (χ1n) is 6.85. The van der Waals surface area contributed by atoms with E-state index < -0.39 is 5.60 Å². The molecule has 19 heavy (non-hydrogen) atoms. The highest BCUT2D eigenvalue weighted by Crippen LogP contribution is 2.43. The summed E-state index contributed by atoms with van der Waals surface area (Å²) in [6, 6.07) is 0. The minimum absolute atomic E-state index is 0.140. The van der Waals surface area contributed by atoms with E-state index in [-0.39, 0.29) is 5.78 Å². The fraction of sp³-hybridized carbons (Fsp3) is 0.562. The topological polar surface area (TPSA) is 46.5 Å². The van der Waals surface area contributed by atoms with Crippen molar-refractivity contribution in [3.8, 4) is 11.5 Å². The van der Waals surface area contributed by atoms with E-state index in [0.29, 0.717) is 18.6 Å². The molecule has 0 saturated carbocycles. The monoisotopic (exact) mass is 262 g/mol. The van der Waals surface area contributed by atoms with Gasteiger partial charge in [0.15, 0.2) is 11.4 Å². The van der Waals surface area contributed by atoms with Gasteiger partial charge in [0.25, 0.3) is 0 Å². The van der Waals surface area contributed by atoms with Crippen molar-refractivity contribution in [2.75, 3.05) is 0 Å². The average Bonchev–Trinajstić information content (AvgIpc) is 2.41. The summed E-state index contributed by atoms with van der Waals surface area (Å²) < 4.78 is 6.06. The highest BCUT2D eigenvalue weighted by molar-refractivity contribution is 5.87. The predicted molar refractivity (Wildman–Crippen MR) is 75.0 cm³/mol. The molecule has 2 rings (SSSR count). The van der Waals surface area contributed by atoms with Crippen molar-refractivity contribution in [2.45, 2.75) is 59.5 Å². The molecule has 0 amide bonds. The molecule has 0 aromatic heterocycles. The summed E-state index contributed by atoms with van der Waals surface area (Å²) in [5.41, 5.74) is 2.98. The normalized spacial score (nSPS) is 21.7. The summed E-state index contributed by atoms with van der Waals surface area (Å²) in [6.45, 7) is 9.48. The number of carbonyl (C=O) groups excluding carboxylic acids is 1. The number of carbonyl (C=O) groups is 1. The molecule has 1 heterocycles. The van der Waals surface area contributed by atoms with E-state index in [1.807, 2.05) is 34.6 Å². The van der Waals surface area contributed by atoms with Crippen molar-refractivity contribution >= 4 is 5.78 Å². The molecular formula is C16H22O3. The minimum atomic E-state index is -0.720. The molecule has 1 unspecified atom stereocenters. The molecule has 1 aliphatic rings. The lowest BCUT2D eigenvalue weighted by Gasteiger charge is -2.36. The number of benzene rings is 1. The molecule has 1 aromatic rings. The van der Waals surface area contributed by atoms with Gasteiger partial charge in [0.05, 0.1) is 0 Å². The van der Waals surface area contributed by atoms with Crippen LogP contribution in [0.15, 0.2) is 0 Å². The van der Waals surface area contributed by atoms with Crippen molar-refractivity contribution in [2.24, 2.45) is 0 Å². The van der Waals surface area contributed by atoms with Gasteiger partial charge in [0.2, 0.25) is 0 Å². The molecular weight excluding hydrogens is 240 g/mol. The van der Waals surface area contributed by atoms with Crippen LogP contribution in [0.1, 0.15) is 48.9 Å². The van der Waals surface area contributed by atoms with Crippen LogP contribution in [0.5, 0.6) is 11.5 Å². The molecule has 0 bridgehead atoms. The highest BCUT2D eigenvalue weighted by Gasteiger charge is 2.39. The first-order chi connectivity index (χ1) is 8.81. The number of phenolic OH excluding ortho intramolecular Hbond substituents is 1. The molecule has 0 saturated heterocycles. The Morgan fingerprint density at radius 3 is 2.47 bits per heavy atom. The number of Topliss-reactive ketones (excluding diaryl/α,β-unsaturated/α-hetero) is 1. The number of rotatable bonds is 2. The quantitative estimate of drug-likeness (QED) is 0.888. The van der Waals surface area contributed by atoms with Gasteiger partial charge in [-0.15, -0.1) is 0 Å². The molecule has 1 aromatic carbocycles. The molecule has 0 spiro atoms. The number of hydrogen-bond acceptors (Lipinski definition) is 3. The number of ether oxygens (including phenoxy) is 1. The summed E-state index contributed by atoms with van der Waals surface area (Å²) in [5, 5.41) is 10.1. The Morgan fingerprint density at radius 1 is 1.26 bits per heavy atom. The van der Waals surface area contributed by atoms with Crippen LogP contribution in [0.3, 0.4) is 0 Å². The number of ketones is 1. The first kappa shape index (κ1) is 13.9. The predicted octanol–water partition coefficient (Wildman–Crippen LogP) is 3.38. The second-order valence-electron chi connectivity index (χ2n) is 5.64. The second-order valence-corrected chi connectivity index (χ2v) is 5.64. The third-order valence-electron chi connectivity index (χ3n) is 4.43. The lowest BCUT2D eigenvalue weighted by atomic mass is 9.84. The summed E-state index contributed by atoms with van der Waals surface area (Å²) in [5.74, 6) is 1.29. The van der Waals surface area contributed by atoms with Crippen molar-refractivity contribution in [1.29, 1.82) is 0 Å². The summed E-state index contributed by atoms with van der Waals surface area (Å²) >= 11 is 0. The Hall–Kier alpha value is -1.51. The third kappa shape index (κ3) is 2.01. The van der Waals surface area contributed by atoms with Gasteiger partial charge >= 0.3 is 0 Å². The Morgan fingerprint density at radius 2 is 1.89 bits per heavy atom. The van der Waals surface area contributed by atoms with Gasteiger partial charge in [0.1, 0.15) is 11.5 Å². The van der Waals surface area contributed by atoms with Crippen LogP contribution >= 0.6 is 0 Å². The number of phenols is 1. The molecule has 104 valence electrons. The third-order valence-corrected chi connectivity index (χ3v) is 4.43. The number of aromatic hydroxyl groups is 1. The van der Waals surface area contributed by atoms with Crippen LogP contribution in [0.2, 0.25) is 0 Å². The Kier molecular flexibility index (Phi) is 3.33. The van der Waals surface area contributed by atoms with Gasteiger partial charge in [-0.25, -0.2) is 0 Å². The fourth-order valence-corrected chi connectivity index (χ4v) is 2.82. The molecule has 0 aliphatic carbocycles. The maximum Gasteiger partial charge on any atom is 0.175 e. The van der Waals surface area contributed by atoms with E-state index in [1.165, 1.54) is 0 Å². The van der Waals surface area contributed by atoms with E-state index in [0.717, 1.165) is 34.4 Å². The van der Waals surface area contributed by atoms with Gasteiger partial charge in [-0.1, -0.05) is 6.92 Å². The zero-order valence-corrected chi connectivity index (χ0v) is 12.4. The van der Waals surface area contributed by atoms with Gasteiger partial charge in [-0.3, -0.25) is 4.79 Å². The summed E-state index contributed by atoms with van der Waals surface area (Å²) in [6.07, 6.45) is 1.94. The molecule has 1 aliphatic heterocycles. The number of fused-ring (bicyclic) bond motifs is 1. The molecule has 3 heteroatoms. The molecule has 1 N–H and O–H groups in total. The number of hydrogen-bond donors (Lipinski definition) is 1. The van der Waals surface area contributed by atoms with Crippen LogP contribution in [-0.2, 0) is 11.2 Å². The van der Waals surface area contributed by atoms with Crippen molar-refractivity contribution in [3.05, 3.63) is 22.3 Å². The zero-order chi connectivity index (χ0) is 14.4. The fourth-order valence-electron chi connectivity index (χ4n) is 2.82. The minimum Gasteiger partial charge on any atom is -0.507 e. The first-order valence-corrected chi connectivity index (χ1v) is 6.85. The van der Waals surface area contributed by atoms with Gasteiger partial charge < -0.3 is 9.84 Å². The van der Waals surface area contributed by atoms with Gasteiger partial charge in [0, 0.05) is 12.0 Å². The molecule has 0 radical (unpaired) electrons.